The Morgan fingerprint density at radius 1 is 0.912 bits per heavy atom. The van der Waals surface area contributed by atoms with Crippen LogP contribution in [0.25, 0.3) is 11.0 Å². The number of hydrogen-bond acceptors (Lipinski definition) is 5. The molecular formula is C28H27NO5. The van der Waals surface area contributed by atoms with Crippen LogP contribution in [-0.4, -0.2) is 20.1 Å². The normalized spacial score (nSPS) is 11.7. The molecule has 0 bridgehead atoms. The second-order valence-electron chi connectivity index (χ2n) is 8.04. The number of amides is 1. The molecule has 0 saturated heterocycles. The molecule has 34 heavy (non-hydrogen) atoms. The lowest BCUT2D eigenvalue weighted by molar-refractivity contribution is -0.121. The Morgan fingerprint density at radius 3 is 2.24 bits per heavy atom. The first-order valence-corrected chi connectivity index (χ1v) is 11.1. The molecule has 0 spiro atoms. The van der Waals surface area contributed by atoms with Crippen LogP contribution in [-0.2, 0) is 11.2 Å². The zero-order valence-electron chi connectivity index (χ0n) is 19.5. The molecule has 0 aliphatic heterocycles. The Balaban J connectivity index is 1.54. The Bertz CT molecular complexity index is 1340. The van der Waals surface area contributed by atoms with Gasteiger partial charge in [-0.05, 0) is 54.3 Å². The fourth-order valence-corrected chi connectivity index (χ4v) is 4.06. The molecule has 1 amide bonds. The summed E-state index contributed by atoms with van der Waals surface area (Å²) in [5.41, 5.74) is 3.27. The van der Waals surface area contributed by atoms with Crippen molar-refractivity contribution in [2.45, 2.75) is 25.8 Å². The highest BCUT2D eigenvalue weighted by Crippen LogP contribution is 2.26. The summed E-state index contributed by atoms with van der Waals surface area (Å²) in [7, 11) is 3.18. The predicted molar refractivity (Wildman–Crippen MR) is 132 cm³/mol. The van der Waals surface area contributed by atoms with Crippen LogP contribution in [0.15, 0.2) is 82.0 Å². The lowest BCUT2D eigenvalue weighted by Gasteiger charge is -2.20. The number of nitrogens with one attached hydrogen (secondary N) is 1. The molecule has 0 aliphatic carbocycles. The minimum Gasteiger partial charge on any atom is -0.497 e. The van der Waals surface area contributed by atoms with E-state index in [-0.39, 0.29) is 24.8 Å². The second-order valence-corrected chi connectivity index (χ2v) is 8.04. The van der Waals surface area contributed by atoms with E-state index in [9.17, 15) is 9.59 Å². The monoisotopic (exact) mass is 457 g/mol. The van der Waals surface area contributed by atoms with E-state index < -0.39 is 5.63 Å². The lowest BCUT2D eigenvalue weighted by Crippen LogP contribution is -2.30. The molecule has 0 fully saturated rings. The van der Waals surface area contributed by atoms with Crippen molar-refractivity contribution in [2.75, 3.05) is 14.2 Å². The molecule has 1 aromatic heterocycles. The van der Waals surface area contributed by atoms with Gasteiger partial charge in [0, 0.05) is 23.4 Å². The average Bonchev–Trinajstić information content (AvgIpc) is 2.87. The van der Waals surface area contributed by atoms with E-state index in [1.54, 1.807) is 20.3 Å². The van der Waals surface area contributed by atoms with Crippen LogP contribution in [0.1, 0.15) is 34.7 Å². The highest BCUT2D eigenvalue weighted by Gasteiger charge is 2.19. The molecule has 1 atom stereocenters. The van der Waals surface area contributed by atoms with Crippen LogP contribution >= 0.6 is 0 Å². The molecule has 1 heterocycles. The first kappa shape index (κ1) is 23.1. The van der Waals surface area contributed by atoms with Gasteiger partial charge in [-0.15, -0.1) is 0 Å². The first-order valence-electron chi connectivity index (χ1n) is 11.1. The van der Waals surface area contributed by atoms with Gasteiger partial charge in [0.15, 0.2) is 0 Å². The number of methoxy groups -OCH3 is 2. The lowest BCUT2D eigenvalue weighted by atomic mass is 9.97. The topological polar surface area (TPSA) is 77.8 Å². The summed E-state index contributed by atoms with van der Waals surface area (Å²) in [5, 5.41) is 3.95. The largest absolute Gasteiger partial charge is 0.497 e. The molecule has 174 valence electrons. The average molecular weight is 458 g/mol. The summed E-state index contributed by atoms with van der Waals surface area (Å²) in [6.45, 7) is 1.88. The number of ether oxygens (including phenoxy) is 2. The number of carbonyl (C=O) groups is 1. The van der Waals surface area contributed by atoms with Gasteiger partial charge >= 0.3 is 5.63 Å². The van der Waals surface area contributed by atoms with Gasteiger partial charge < -0.3 is 19.2 Å². The van der Waals surface area contributed by atoms with Gasteiger partial charge in [-0.2, -0.15) is 0 Å². The molecule has 0 radical (unpaired) electrons. The van der Waals surface area contributed by atoms with Crippen LogP contribution in [0.3, 0.4) is 0 Å². The van der Waals surface area contributed by atoms with Gasteiger partial charge in [-0.25, -0.2) is 4.79 Å². The number of aryl methyl sites for hydroxylation is 1. The fourth-order valence-electron chi connectivity index (χ4n) is 4.06. The molecule has 6 heteroatoms. The van der Waals surface area contributed by atoms with Crippen LogP contribution < -0.4 is 20.4 Å². The SMILES string of the molecule is COc1ccc(C(NC(=O)CCc2c(C)c3ccc(OC)cc3oc2=O)c2ccccc2)cc1. The van der Waals surface area contributed by atoms with Crippen molar-refractivity contribution in [3.63, 3.8) is 0 Å². The Labute approximate surface area is 198 Å². The smallest absolute Gasteiger partial charge is 0.339 e. The number of carbonyl (C=O) groups excluding carboxylic acids is 1. The van der Waals surface area contributed by atoms with Gasteiger partial charge in [-0.1, -0.05) is 42.5 Å². The van der Waals surface area contributed by atoms with Crippen molar-refractivity contribution in [1.29, 1.82) is 0 Å². The zero-order valence-corrected chi connectivity index (χ0v) is 19.5. The molecular weight excluding hydrogens is 430 g/mol. The molecule has 4 aromatic rings. The third-order valence-corrected chi connectivity index (χ3v) is 5.98. The molecule has 1 N–H and O–H groups in total. The van der Waals surface area contributed by atoms with Gasteiger partial charge in [0.2, 0.25) is 5.91 Å². The summed E-state index contributed by atoms with van der Waals surface area (Å²) in [5.74, 6) is 1.21. The summed E-state index contributed by atoms with van der Waals surface area (Å²) < 4.78 is 16.0. The summed E-state index contributed by atoms with van der Waals surface area (Å²) in [6.07, 6.45) is 0.443. The first-order chi connectivity index (χ1) is 16.5. The van der Waals surface area contributed by atoms with Crippen LogP contribution in [0, 0.1) is 6.92 Å². The summed E-state index contributed by atoms with van der Waals surface area (Å²) in [4.78, 5) is 25.6. The van der Waals surface area contributed by atoms with E-state index in [2.05, 4.69) is 5.32 Å². The van der Waals surface area contributed by atoms with Crippen LogP contribution in [0.4, 0.5) is 0 Å². The number of benzene rings is 3. The minimum absolute atomic E-state index is 0.154. The quantitative estimate of drug-likeness (QED) is 0.379. The second kappa shape index (κ2) is 10.3. The molecule has 4 rings (SSSR count). The number of fused-ring (bicyclic) bond motifs is 1. The van der Waals surface area contributed by atoms with Crippen molar-refractivity contribution in [1.82, 2.24) is 5.32 Å². The highest BCUT2D eigenvalue weighted by molar-refractivity contribution is 5.83. The third-order valence-electron chi connectivity index (χ3n) is 5.98. The van der Waals surface area contributed by atoms with Crippen LogP contribution in [0.2, 0.25) is 0 Å². The van der Waals surface area contributed by atoms with E-state index in [0.717, 1.165) is 27.8 Å². The van der Waals surface area contributed by atoms with Crippen molar-refractivity contribution in [3.8, 4) is 11.5 Å². The number of hydrogen-bond donors (Lipinski definition) is 1. The van der Waals surface area contributed by atoms with Crippen LogP contribution in [0.5, 0.6) is 11.5 Å². The number of rotatable bonds is 8. The highest BCUT2D eigenvalue weighted by atomic mass is 16.5. The van der Waals surface area contributed by atoms with Gasteiger partial charge in [0.1, 0.15) is 17.1 Å². The Kier molecular flexibility index (Phi) is 6.97. The van der Waals surface area contributed by atoms with Gasteiger partial charge in [0.25, 0.3) is 0 Å². The standard InChI is InChI=1S/C28H27NO5/c1-18-23-14-13-22(33-3)17-25(23)34-28(31)24(18)15-16-26(30)29-27(19-7-5-4-6-8-19)20-9-11-21(32-2)12-10-20/h4-14,17,27H,15-16H2,1-3H3,(H,29,30). The van der Waals surface area contributed by atoms with Gasteiger partial charge in [-0.3, -0.25) is 4.79 Å². The Morgan fingerprint density at radius 2 is 1.56 bits per heavy atom. The molecule has 1 unspecified atom stereocenters. The van der Waals surface area contributed by atoms with Crippen molar-refractivity contribution in [2.24, 2.45) is 0 Å². The Hall–Kier alpha value is -4.06. The molecule has 3 aromatic carbocycles. The molecule has 0 saturated carbocycles. The van der Waals surface area contributed by atoms with Gasteiger partial charge in [0.05, 0.1) is 20.3 Å². The summed E-state index contributed by atoms with van der Waals surface area (Å²) >= 11 is 0. The maximum absolute atomic E-state index is 13.0. The predicted octanol–water partition coefficient (Wildman–Crippen LogP) is 4.96. The maximum atomic E-state index is 13.0. The van der Waals surface area contributed by atoms with E-state index in [1.807, 2.05) is 73.7 Å². The summed E-state index contributed by atoms with van der Waals surface area (Å²) in [6, 6.07) is 22.5. The van der Waals surface area contributed by atoms with Crippen molar-refractivity contribution in [3.05, 3.63) is 105 Å². The zero-order chi connectivity index (χ0) is 24.1. The van der Waals surface area contributed by atoms with E-state index in [0.29, 0.717) is 16.9 Å². The minimum atomic E-state index is -0.430. The van der Waals surface area contributed by atoms with Crippen molar-refractivity contribution < 1.29 is 18.7 Å². The molecule has 6 nitrogen and oxygen atoms in total. The van der Waals surface area contributed by atoms with E-state index in [4.69, 9.17) is 13.9 Å². The van der Waals surface area contributed by atoms with E-state index in [1.165, 1.54) is 0 Å². The third kappa shape index (κ3) is 4.96. The van der Waals surface area contributed by atoms with E-state index >= 15 is 0 Å². The fraction of sp³-hybridized carbons (Fsp3) is 0.214. The van der Waals surface area contributed by atoms with Crippen molar-refractivity contribution >= 4 is 16.9 Å². The molecule has 0 aliphatic rings. The maximum Gasteiger partial charge on any atom is 0.339 e.